The average Bonchev–Trinajstić information content (AvgIpc) is 3.10. The zero-order valence-electron chi connectivity index (χ0n) is 15.7. The van der Waals surface area contributed by atoms with Crippen LogP contribution in [0.25, 0.3) is 10.2 Å². The fourth-order valence-corrected chi connectivity index (χ4v) is 4.75. The highest BCUT2D eigenvalue weighted by atomic mass is 32.2. The van der Waals surface area contributed by atoms with Crippen LogP contribution in [0.15, 0.2) is 27.5 Å². The first-order valence-electron chi connectivity index (χ1n) is 8.56. The number of benzene rings is 1. The lowest BCUT2D eigenvalue weighted by molar-refractivity contribution is 0.102. The Hall–Kier alpha value is -1.92. The smallest absolute Gasteiger partial charge is 0.272 e. The van der Waals surface area contributed by atoms with Gasteiger partial charge in [-0.1, -0.05) is 11.8 Å². The summed E-state index contributed by atoms with van der Waals surface area (Å²) < 4.78 is 2.32. The SMILES string of the molecule is CCn1c(SCC(=O)c2cc(C)c(C)c(C)c2C)nc2ccsc2c1=O. The van der Waals surface area contributed by atoms with Crippen molar-refractivity contribution >= 4 is 39.1 Å². The third-order valence-corrected chi connectivity index (χ3v) is 6.83. The van der Waals surface area contributed by atoms with E-state index in [1.54, 1.807) is 4.57 Å². The van der Waals surface area contributed by atoms with Crippen LogP contribution < -0.4 is 5.56 Å². The first-order chi connectivity index (χ1) is 12.3. The van der Waals surface area contributed by atoms with Crippen LogP contribution in [0, 0.1) is 27.7 Å². The maximum atomic E-state index is 12.8. The molecule has 4 nitrogen and oxygen atoms in total. The van der Waals surface area contributed by atoms with Crippen molar-refractivity contribution in [2.45, 2.75) is 46.3 Å². The summed E-state index contributed by atoms with van der Waals surface area (Å²) in [6.45, 7) is 10.6. The molecule has 0 atom stereocenters. The number of nitrogens with zero attached hydrogens (tertiary/aromatic N) is 2. The van der Waals surface area contributed by atoms with Gasteiger partial charge in [0.05, 0.1) is 11.3 Å². The van der Waals surface area contributed by atoms with E-state index >= 15 is 0 Å². The van der Waals surface area contributed by atoms with E-state index in [4.69, 9.17) is 0 Å². The standard InChI is InChI=1S/C20H22N2O2S2/c1-6-22-19(24)18-16(7-8-25-18)21-20(22)26-10-17(23)15-9-11(2)12(3)13(4)14(15)5/h7-9H,6,10H2,1-5H3. The predicted molar refractivity (Wildman–Crippen MR) is 110 cm³/mol. The average molecular weight is 387 g/mol. The van der Waals surface area contributed by atoms with Gasteiger partial charge in [0.25, 0.3) is 5.56 Å². The maximum Gasteiger partial charge on any atom is 0.272 e. The second kappa shape index (κ2) is 7.37. The summed E-state index contributed by atoms with van der Waals surface area (Å²) in [5.41, 5.74) is 6.01. The normalized spacial score (nSPS) is 11.3. The molecular weight excluding hydrogens is 364 g/mol. The number of thiophene rings is 1. The van der Waals surface area contributed by atoms with Crippen LogP contribution in [-0.2, 0) is 6.54 Å². The third kappa shape index (κ3) is 3.23. The van der Waals surface area contributed by atoms with Crippen molar-refractivity contribution in [2.75, 3.05) is 5.75 Å². The molecule has 0 unspecified atom stereocenters. The molecule has 26 heavy (non-hydrogen) atoms. The number of carbonyl (C=O) groups is 1. The summed E-state index contributed by atoms with van der Waals surface area (Å²) in [6.07, 6.45) is 0. The Balaban J connectivity index is 1.91. The molecule has 2 heterocycles. The minimum Gasteiger partial charge on any atom is -0.293 e. The van der Waals surface area contributed by atoms with E-state index in [1.807, 2.05) is 38.3 Å². The van der Waals surface area contributed by atoms with Crippen molar-refractivity contribution in [1.82, 2.24) is 9.55 Å². The van der Waals surface area contributed by atoms with Gasteiger partial charge in [0, 0.05) is 12.1 Å². The van der Waals surface area contributed by atoms with Gasteiger partial charge >= 0.3 is 0 Å². The zero-order valence-corrected chi connectivity index (χ0v) is 17.3. The van der Waals surface area contributed by atoms with Crippen LogP contribution in [0.4, 0.5) is 0 Å². The summed E-state index contributed by atoms with van der Waals surface area (Å²) >= 11 is 2.75. The molecule has 0 aliphatic rings. The molecule has 0 fully saturated rings. The Morgan fingerprint density at radius 3 is 2.62 bits per heavy atom. The molecular formula is C20H22N2O2S2. The zero-order chi connectivity index (χ0) is 19.0. The van der Waals surface area contributed by atoms with Crippen LogP contribution in [0.2, 0.25) is 0 Å². The summed E-state index contributed by atoms with van der Waals surface area (Å²) in [4.78, 5) is 30.0. The van der Waals surface area contributed by atoms with E-state index in [0.717, 1.165) is 16.7 Å². The number of carbonyl (C=O) groups excluding carboxylic acids is 1. The second-order valence-corrected chi connectivity index (χ2v) is 8.27. The highest BCUT2D eigenvalue weighted by Crippen LogP contribution is 2.25. The second-order valence-electron chi connectivity index (χ2n) is 6.41. The molecule has 0 saturated carbocycles. The Labute approximate surface area is 161 Å². The molecule has 3 rings (SSSR count). The number of thioether (sulfide) groups is 1. The number of aromatic nitrogens is 2. The Kier molecular flexibility index (Phi) is 5.34. The minimum absolute atomic E-state index is 0.0272. The van der Waals surface area contributed by atoms with Crippen LogP contribution in [0.1, 0.15) is 39.5 Å². The van der Waals surface area contributed by atoms with Crippen LogP contribution in [0.5, 0.6) is 0 Å². The molecule has 2 aromatic heterocycles. The number of rotatable bonds is 5. The van der Waals surface area contributed by atoms with E-state index < -0.39 is 0 Å². The molecule has 0 radical (unpaired) electrons. The molecule has 1 aromatic carbocycles. The first kappa shape index (κ1) is 18.9. The minimum atomic E-state index is -0.0272. The van der Waals surface area contributed by atoms with Crippen molar-refractivity contribution in [1.29, 1.82) is 0 Å². The van der Waals surface area contributed by atoms with Crippen LogP contribution >= 0.6 is 23.1 Å². The largest absolute Gasteiger partial charge is 0.293 e. The van der Waals surface area contributed by atoms with E-state index in [2.05, 4.69) is 18.8 Å². The van der Waals surface area contributed by atoms with Gasteiger partial charge in [-0.05, 0) is 74.4 Å². The van der Waals surface area contributed by atoms with E-state index in [1.165, 1.54) is 34.2 Å². The summed E-state index contributed by atoms with van der Waals surface area (Å²) in [7, 11) is 0. The van der Waals surface area contributed by atoms with Gasteiger partial charge in [0.15, 0.2) is 10.9 Å². The Morgan fingerprint density at radius 1 is 1.19 bits per heavy atom. The van der Waals surface area contributed by atoms with Crippen molar-refractivity contribution in [3.63, 3.8) is 0 Å². The highest BCUT2D eigenvalue weighted by Gasteiger charge is 2.17. The molecule has 0 aliphatic heterocycles. The fourth-order valence-electron chi connectivity index (χ4n) is 3.02. The monoisotopic (exact) mass is 386 g/mol. The van der Waals surface area contributed by atoms with E-state index in [-0.39, 0.29) is 17.1 Å². The van der Waals surface area contributed by atoms with Gasteiger partial charge in [-0.3, -0.25) is 14.2 Å². The topological polar surface area (TPSA) is 52.0 Å². The van der Waals surface area contributed by atoms with Crippen molar-refractivity contribution in [3.8, 4) is 0 Å². The molecule has 0 spiro atoms. The summed E-state index contributed by atoms with van der Waals surface area (Å²) in [5, 5.41) is 2.48. The Morgan fingerprint density at radius 2 is 1.92 bits per heavy atom. The number of hydrogen-bond donors (Lipinski definition) is 0. The Bertz CT molecular complexity index is 1060. The highest BCUT2D eigenvalue weighted by molar-refractivity contribution is 7.99. The third-order valence-electron chi connectivity index (χ3n) is 4.96. The van der Waals surface area contributed by atoms with Gasteiger partial charge < -0.3 is 0 Å². The van der Waals surface area contributed by atoms with Gasteiger partial charge in [0.2, 0.25) is 0 Å². The van der Waals surface area contributed by atoms with E-state index in [0.29, 0.717) is 21.9 Å². The predicted octanol–water partition coefficient (Wildman–Crippen LogP) is 4.69. The molecule has 0 bridgehead atoms. The molecule has 6 heteroatoms. The number of aryl methyl sites for hydroxylation is 1. The van der Waals surface area contributed by atoms with Crippen molar-refractivity contribution in [2.24, 2.45) is 0 Å². The van der Waals surface area contributed by atoms with Crippen LogP contribution in [0.3, 0.4) is 0 Å². The number of fused-ring (bicyclic) bond motifs is 1. The first-order valence-corrected chi connectivity index (χ1v) is 10.4. The van der Waals surface area contributed by atoms with Crippen molar-refractivity contribution in [3.05, 3.63) is 55.7 Å². The summed E-state index contributed by atoms with van der Waals surface area (Å²) in [6, 6.07) is 3.83. The molecule has 0 N–H and O–H groups in total. The van der Waals surface area contributed by atoms with E-state index in [9.17, 15) is 9.59 Å². The van der Waals surface area contributed by atoms with Crippen molar-refractivity contribution < 1.29 is 4.79 Å². The molecule has 136 valence electrons. The number of Topliss-reactive ketones (excluding diaryl/α,β-unsaturated/α-hetero) is 1. The van der Waals surface area contributed by atoms with Gasteiger partial charge in [-0.15, -0.1) is 11.3 Å². The van der Waals surface area contributed by atoms with Gasteiger partial charge in [-0.2, -0.15) is 0 Å². The number of ketones is 1. The van der Waals surface area contributed by atoms with Crippen LogP contribution in [-0.4, -0.2) is 21.1 Å². The fraction of sp³-hybridized carbons (Fsp3) is 0.350. The van der Waals surface area contributed by atoms with Gasteiger partial charge in [0.1, 0.15) is 4.70 Å². The lowest BCUT2D eigenvalue weighted by atomic mass is 9.93. The summed E-state index contributed by atoms with van der Waals surface area (Å²) in [5.74, 6) is 0.339. The molecule has 0 aliphatic carbocycles. The molecule has 3 aromatic rings. The lowest BCUT2D eigenvalue weighted by Gasteiger charge is -2.14. The van der Waals surface area contributed by atoms with Gasteiger partial charge in [-0.25, -0.2) is 4.98 Å². The molecule has 0 amide bonds. The lowest BCUT2D eigenvalue weighted by Crippen LogP contribution is -2.22. The maximum absolute atomic E-state index is 12.8. The number of hydrogen-bond acceptors (Lipinski definition) is 5. The molecule has 0 saturated heterocycles. The quantitative estimate of drug-likeness (QED) is 0.363.